The van der Waals surface area contributed by atoms with Crippen LogP contribution < -0.4 is 56.5 Å². The number of β-lactam (4-membered cyclic amide) rings is 1. The molecule has 1 aromatic rings. The number of amides is 1. The number of nitrogens with zero attached hydrogens (tertiary/aromatic N) is 2. The van der Waals surface area contributed by atoms with Crippen molar-refractivity contribution in [3.8, 4) is 0 Å². The van der Waals surface area contributed by atoms with Crippen molar-refractivity contribution in [3.05, 3.63) is 30.1 Å². The van der Waals surface area contributed by atoms with E-state index in [2.05, 4.69) is 20.9 Å². The zero-order valence-electron chi connectivity index (χ0n) is 12.9. The van der Waals surface area contributed by atoms with Gasteiger partial charge in [-0.15, -0.1) is 11.8 Å². The van der Waals surface area contributed by atoms with Gasteiger partial charge in [0, 0.05) is 22.7 Å². The number of aliphatic hydroxyl groups is 1. The van der Waals surface area contributed by atoms with Crippen LogP contribution in [0.1, 0.15) is 25.5 Å². The Morgan fingerprint density at radius 3 is 2.74 bits per heavy atom. The van der Waals surface area contributed by atoms with Crippen LogP contribution >= 0.6 is 27.7 Å². The van der Waals surface area contributed by atoms with E-state index in [1.807, 2.05) is 0 Å². The van der Waals surface area contributed by atoms with Crippen LogP contribution in [0.2, 0.25) is 0 Å². The molecule has 118 valence electrons. The molecule has 2 aliphatic heterocycles. The Kier molecular flexibility index (Phi) is 5.76. The zero-order chi connectivity index (χ0) is 16.3. The monoisotopic (exact) mass is 424 g/mol. The molecule has 0 saturated carbocycles. The number of aliphatic carboxylic acids is 1. The first-order valence-corrected chi connectivity index (χ1v) is 8.37. The minimum Gasteiger partial charge on any atom is -0.548 e. The molecule has 9 heteroatoms. The van der Waals surface area contributed by atoms with E-state index in [-0.39, 0.29) is 51.4 Å². The first-order chi connectivity index (χ1) is 10.2. The van der Waals surface area contributed by atoms with Crippen LogP contribution in [0, 0.1) is 0 Å². The van der Waals surface area contributed by atoms with E-state index >= 15 is 0 Å². The number of carbonyl (C=O) groups excluding carboxylic acids is 2. The maximum atomic E-state index is 12.6. The molecule has 0 spiro atoms. The summed E-state index contributed by atoms with van der Waals surface area (Å²) in [6.45, 7) is 3.52. The van der Waals surface area contributed by atoms with Crippen LogP contribution in [-0.2, 0) is 9.59 Å². The third kappa shape index (κ3) is 2.86. The standard InChI is InChI=1S/C14H15BrN2O4S.K/c1-13(2)8(10(19)20)17-11(21)14(15,12(17)22-13)9(18)7-4-3-5-16-6-7;/h3-6,8-9,12,18H,1-2H3,(H,19,20);/q;+1/p-1/t8-,9?,12+,14+;/m0./s1. The fourth-order valence-electron chi connectivity index (χ4n) is 3.06. The van der Waals surface area contributed by atoms with Crippen LogP contribution in [0.25, 0.3) is 0 Å². The average Bonchev–Trinajstić information content (AvgIpc) is 2.76. The molecular weight excluding hydrogens is 411 g/mol. The van der Waals surface area contributed by atoms with Gasteiger partial charge in [0.2, 0.25) is 5.91 Å². The molecule has 1 aromatic heterocycles. The summed E-state index contributed by atoms with van der Waals surface area (Å²) in [4.78, 5) is 29.2. The van der Waals surface area contributed by atoms with E-state index in [9.17, 15) is 19.8 Å². The Bertz CT molecular complexity index is 647. The zero-order valence-corrected chi connectivity index (χ0v) is 18.4. The Morgan fingerprint density at radius 2 is 2.22 bits per heavy atom. The summed E-state index contributed by atoms with van der Waals surface area (Å²) >= 11 is 4.71. The van der Waals surface area contributed by atoms with Crippen molar-refractivity contribution in [2.24, 2.45) is 0 Å². The summed E-state index contributed by atoms with van der Waals surface area (Å²) in [5.41, 5.74) is 0.502. The van der Waals surface area contributed by atoms with Crippen molar-refractivity contribution in [2.45, 2.75) is 40.4 Å². The number of hydrogen-bond acceptors (Lipinski definition) is 6. The number of thioether (sulfide) groups is 1. The van der Waals surface area contributed by atoms with Gasteiger partial charge in [-0.05, 0) is 19.9 Å². The molecule has 1 N–H and O–H groups in total. The summed E-state index contributed by atoms with van der Waals surface area (Å²) in [7, 11) is 0. The number of carboxylic acid groups (broad SMARTS) is 1. The average molecular weight is 425 g/mol. The number of pyridine rings is 1. The van der Waals surface area contributed by atoms with Gasteiger partial charge in [-0.2, -0.15) is 0 Å². The molecule has 0 bridgehead atoms. The number of hydrogen-bond donors (Lipinski definition) is 1. The molecular formula is C14H14BrKN2O4S. The predicted molar refractivity (Wildman–Crippen MR) is 82.0 cm³/mol. The Hall–Kier alpha value is 0.516. The molecule has 6 nitrogen and oxygen atoms in total. The van der Waals surface area contributed by atoms with Gasteiger partial charge >= 0.3 is 51.4 Å². The van der Waals surface area contributed by atoms with E-state index < -0.39 is 38.5 Å². The Labute approximate surface area is 189 Å². The second-order valence-electron chi connectivity index (χ2n) is 5.96. The molecule has 0 aliphatic carbocycles. The second-order valence-corrected chi connectivity index (χ2v) is 9.01. The normalized spacial score (nSPS) is 32.5. The smallest absolute Gasteiger partial charge is 0.548 e. The molecule has 23 heavy (non-hydrogen) atoms. The third-order valence-corrected chi connectivity index (χ3v) is 7.31. The molecule has 2 saturated heterocycles. The van der Waals surface area contributed by atoms with E-state index in [0.29, 0.717) is 5.56 Å². The topological polar surface area (TPSA) is 93.6 Å². The molecule has 1 unspecified atom stereocenters. The van der Waals surface area contributed by atoms with Crippen LogP contribution in [-0.4, -0.2) is 47.4 Å². The SMILES string of the molecule is CC1(C)S[C@H]2N(C(=O)[C@]2(Br)C(O)c2cccnc2)[C@H]1C(=O)[O-].[K+]. The van der Waals surface area contributed by atoms with E-state index in [0.717, 1.165) is 0 Å². The first kappa shape index (κ1) is 19.8. The van der Waals surface area contributed by atoms with Crippen LogP contribution in [0.4, 0.5) is 0 Å². The van der Waals surface area contributed by atoms with Gasteiger partial charge in [0.25, 0.3) is 0 Å². The van der Waals surface area contributed by atoms with Gasteiger partial charge in [-0.3, -0.25) is 9.78 Å². The number of carboxylic acids is 1. The number of halogens is 1. The maximum absolute atomic E-state index is 12.6. The predicted octanol–water partition coefficient (Wildman–Crippen LogP) is -2.94. The molecule has 2 fully saturated rings. The largest absolute Gasteiger partial charge is 1.00 e. The molecule has 0 radical (unpaired) electrons. The summed E-state index contributed by atoms with van der Waals surface area (Å²) in [5.74, 6) is -1.72. The third-order valence-electron chi connectivity index (χ3n) is 4.15. The van der Waals surface area contributed by atoms with Gasteiger partial charge in [0.1, 0.15) is 11.5 Å². The fraction of sp³-hybridized carbons (Fsp3) is 0.500. The molecule has 3 rings (SSSR count). The molecule has 4 atom stereocenters. The van der Waals surface area contributed by atoms with Crippen molar-refractivity contribution in [1.29, 1.82) is 0 Å². The summed E-state index contributed by atoms with van der Waals surface area (Å²) in [6.07, 6.45) is 1.95. The molecule has 2 aliphatic rings. The van der Waals surface area contributed by atoms with Crippen LogP contribution in [0.15, 0.2) is 24.5 Å². The van der Waals surface area contributed by atoms with Gasteiger partial charge in [0.05, 0.1) is 12.0 Å². The number of aliphatic hydroxyl groups excluding tert-OH is 1. The summed E-state index contributed by atoms with van der Waals surface area (Å²) < 4.78 is -1.94. The van der Waals surface area contributed by atoms with Crippen LogP contribution in [0.5, 0.6) is 0 Å². The Morgan fingerprint density at radius 1 is 1.57 bits per heavy atom. The second kappa shape index (κ2) is 6.68. The van der Waals surface area contributed by atoms with Crippen molar-refractivity contribution in [3.63, 3.8) is 0 Å². The Balaban J connectivity index is 0.00000192. The van der Waals surface area contributed by atoms with Crippen molar-refractivity contribution >= 4 is 39.6 Å². The first-order valence-electron chi connectivity index (χ1n) is 6.69. The summed E-state index contributed by atoms with van der Waals surface area (Å²) in [5, 5.41) is 21.5. The maximum Gasteiger partial charge on any atom is 1.00 e. The van der Waals surface area contributed by atoms with Gasteiger partial charge in [-0.25, -0.2) is 0 Å². The van der Waals surface area contributed by atoms with Gasteiger partial charge in [-0.1, -0.05) is 22.0 Å². The minimum absolute atomic E-state index is 0. The number of carbonyl (C=O) groups is 2. The van der Waals surface area contributed by atoms with Crippen molar-refractivity contribution in [2.75, 3.05) is 0 Å². The van der Waals surface area contributed by atoms with Gasteiger partial charge < -0.3 is 19.9 Å². The number of aromatic nitrogens is 1. The minimum atomic E-state index is -1.28. The van der Waals surface area contributed by atoms with Crippen molar-refractivity contribution in [1.82, 2.24) is 9.88 Å². The number of rotatable bonds is 3. The number of alkyl halides is 1. The van der Waals surface area contributed by atoms with E-state index in [1.54, 1.807) is 32.2 Å². The van der Waals surface area contributed by atoms with Gasteiger partial charge in [0.15, 0.2) is 4.32 Å². The summed E-state index contributed by atoms with van der Waals surface area (Å²) in [6, 6.07) is 2.34. The number of fused-ring (bicyclic) bond motifs is 1. The van der Waals surface area contributed by atoms with Crippen molar-refractivity contribution < 1.29 is 71.2 Å². The van der Waals surface area contributed by atoms with E-state index in [1.165, 1.54) is 22.9 Å². The molecule has 0 aromatic carbocycles. The fourth-order valence-corrected chi connectivity index (χ4v) is 5.67. The molecule has 1 amide bonds. The van der Waals surface area contributed by atoms with E-state index in [4.69, 9.17) is 0 Å². The van der Waals surface area contributed by atoms with Crippen LogP contribution in [0.3, 0.4) is 0 Å². The molecule has 3 heterocycles. The quantitative estimate of drug-likeness (QED) is 0.317.